The molecule has 2 amide bonds. The number of thiazole rings is 1. The van der Waals surface area contributed by atoms with Gasteiger partial charge in [-0.05, 0) is 53.4 Å². The molecule has 1 aromatic heterocycles. The summed E-state index contributed by atoms with van der Waals surface area (Å²) in [7, 11) is 0. The van der Waals surface area contributed by atoms with Crippen molar-refractivity contribution in [3.63, 3.8) is 0 Å². The first-order valence-corrected chi connectivity index (χ1v) is 10.7. The quantitative estimate of drug-likeness (QED) is 0.416. The van der Waals surface area contributed by atoms with E-state index >= 15 is 0 Å². The highest BCUT2D eigenvalue weighted by molar-refractivity contribution is 7.22. The molecule has 6 nitrogen and oxygen atoms in total. The molecule has 0 aliphatic heterocycles. The van der Waals surface area contributed by atoms with Gasteiger partial charge in [0.2, 0.25) is 5.91 Å². The predicted molar refractivity (Wildman–Crippen MR) is 124 cm³/mol. The van der Waals surface area contributed by atoms with Gasteiger partial charge in [0.1, 0.15) is 5.75 Å². The first kappa shape index (κ1) is 20.6. The summed E-state index contributed by atoms with van der Waals surface area (Å²) in [6.07, 6.45) is 0.996. The van der Waals surface area contributed by atoms with Gasteiger partial charge in [0.25, 0.3) is 5.91 Å². The number of nitrogens with one attached hydrogen (secondary N) is 2. The molecule has 0 saturated carbocycles. The van der Waals surface area contributed by atoms with Crippen LogP contribution in [0.2, 0.25) is 0 Å². The Balaban J connectivity index is 1.33. The molecule has 3 aromatic carbocycles. The number of fused-ring (bicyclic) bond motifs is 1. The Morgan fingerprint density at radius 3 is 2.32 bits per heavy atom. The summed E-state index contributed by atoms with van der Waals surface area (Å²) in [6.45, 7) is 1.95. The smallest absolute Gasteiger partial charge is 0.251 e. The number of phenolic OH excluding ortho intramolecular Hbond substituents is 1. The number of rotatable bonds is 6. The van der Waals surface area contributed by atoms with Gasteiger partial charge in [-0.2, -0.15) is 0 Å². The second kappa shape index (κ2) is 8.97. The Morgan fingerprint density at radius 1 is 0.968 bits per heavy atom. The van der Waals surface area contributed by atoms with Gasteiger partial charge in [0.15, 0.2) is 5.13 Å². The van der Waals surface area contributed by atoms with Crippen molar-refractivity contribution in [2.75, 3.05) is 11.9 Å². The maximum atomic E-state index is 12.4. The minimum atomic E-state index is -0.371. The van der Waals surface area contributed by atoms with Crippen molar-refractivity contribution >= 4 is 38.5 Å². The average molecular weight is 432 g/mol. The molecule has 0 atom stereocenters. The van der Waals surface area contributed by atoms with Gasteiger partial charge in [0, 0.05) is 5.56 Å². The summed E-state index contributed by atoms with van der Waals surface area (Å²) < 4.78 is 0.767. The molecule has 156 valence electrons. The number of hydrogen-bond donors (Lipinski definition) is 3. The Hall–Kier alpha value is -3.71. The predicted octanol–water partition coefficient (Wildman–Crippen LogP) is 4.60. The molecule has 4 aromatic rings. The summed E-state index contributed by atoms with van der Waals surface area (Å²) >= 11 is 1.26. The monoisotopic (exact) mass is 431 g/mol. The Bertz CT molecular complexity index is 1230. The van der Waals surface area contributed by atoms with Gasteiger partial charge in [-0.15, -0.1) is 0 Å². The van der Waals surface area contributed by atoms with Gasteiger partial charge in [0.05, 0.1) is 16.8 Å². The average Bonchev–Trinajstić information content (AvgIpc) is 3.18. The molecule has 3 N–H and O–H groups in total. The molecule has 0 saturated heterocycles. The number of amides is 2. The van der Waals surface area contributed by atoms with Gasteiger partial charge in [-0.1, -0.05) is 54.7 Å². The van der Waals surface area contributed by atoms with Gasteiger partial charge < -0.3 is 15.7 Å². The SMILES string of the molecule is CCc1ccc(-c2ccc(C(=O)NCC(=O)Nc3nc4ccc(O)cc4s3)cc2)cc1. The van der Waals surface area contributed by atoms with E-state index in [-0.39, 0.29) is 24.1 Å². The lowest BCUT2D eigenvalue weighted by Crippen LogP contribution is -2.32. The van der Waals surface area contributed by atoms with Crippen LogP contribution in [0.15, 0.2) is 66.7 Å². The number of nitrogens with zero attached hydrogens (tertiary/aromatic N) is 1. The van der Waals surface area contributed by atoms with E-state index in [9.17, 15) is 14.7 Å². The maximum absolute atomic E-state index is 12.4. The summed E-state index contributed by atoms with van der Waals surface area (Å²) in [5, 5.41) is 15.2. The summed E-state index contributed by atoms with van der Waals surface area (Å²) in [6, 6.07) is 20.4. The molecule has 0 fully saturated rings. The topological polar surface area (TPSA) is 91.3 Å². The lowest BCUT2D eigenvalue weighted by Gasteiger charge is -2.07. The van der Waals surface area contributed by atoms with E-state index in [1.165, 1.54) is 16.9 Å². The fraction of sp³-hybridized carbons (Fsp3) is 0.125. The second-order valence-corrected chi connectivity index (χ2v) is 8.06. The highest BCUT2D eigenvalue weighted by atomic mass is 32.1. The highest BCUT2D eigenvalue weighted by Gasteiger charge is 2.11. The van der Waals surface area contributed by atoms with Crippen LogP contribution < -0.4 is 10.6 Å². The highest BCUT2D eigenvalue weighted by Crippen LogP contribution is 2.28. The van der Waals surface area contributed by atoms with Crippen molar-refractivity contribution in [3.8, 4) is 16.9 Å². The van der Waals surface area contributed by atoms with Crippen LogP contribution in [0.3, 0.4) is 0 Å². The molecule has 31 heavy (non-hydrogen) atoms. The Kier molecular flexibility index (Phi) is 5.95. The normalized spacial score (nSPS) is 10.7. The molecule has 0 spiro atoms. The zero-order valence-corrected chi connectivity index (χ0v) is 17.7. The maximum Gasteiger partial charge on any atom is 0.251 e. The third-order valence-corrected chi connectivity index (χ3v) is 5.80. The first-order chi connectivity index (χ1) is 15.0. The van der Waals surface area contributed by atoms with Gasteiger partial charge >= 0.3 is 0 Å². The Morgan fingerprint density at radius 2 is 1.65 bits per heavy atom. The van der Waals surface area contributed by atoms with Gasteiger partial charge in [-0.3, -0.25) is 9.59 Å². The number of benzene rings is 3. The van der Waals surface area contributed by atoms with E-state index in [2.05, 4.69) is 46.8 Å². The molecule has 7 heteroatoms. The molecule has 0 aliphatic rings. The third-order valence-electron chi connectivity index (χ3n) is 4.87. The van der Waals surface area contributed by atoms with Crippen LogP contribution in [0.25, 0.3) is 21.3 Å². The van der Waals surface area contributed by atoms with E-state index in [1.54, 1.807) is 30.3 Å². The molecule has 0 radical (unpaired) electrons. The number of phenols is 1. The molecule has 0 bridgehead atoms. The third kappa shape index (κ3) is 4.90. The van der Waals surface area contributed by atoms with Crippen molar-refractivity contribution in [1.82, 2.24) is 10.3 Å². The lowest BCUT2D eigenvalue weighted by atomic mass is 10.0. The second-order valence-electron chi connectivity index (χ2n) is 7.03. The number of aromatic nitrogens is 1. The number of hydrogen-bond acceptors (Lipinski definition) is 5. The zero-order valence-electron chi connectivity index (χ0n) is 16.9. The standard InChI is InChI=1S/C24H21N3O3S/c1-2-15-3-5-16(6-4-15)17-7-9-18(10-8-17)23(30)25-14-22(29)27-24-26-20-12-11-19(28)13-21(20)31-24/h3-13,28H,2,14H2,1H3,(H,25,30)(H,26,27,29). The number of carbonyl (C=O) groups is 2. The van der Waals surface area contributed by atoms with E-state index in [4.69, 9.17) is 0 Å². The molecule has 0 aliphatic carbocycles. The largest absolute Gasteiger partial charge is 0.508 e. The van der Waals surface area contributed by atoms with Crippen LogP contribution in [0, 0.1) is 0 Å². The molecule has 1 heterocycles. The van der Waals surface area contributed by atoms with Crippen LogP contribution in [-0.2, 0) is 11.2 Å². The molecular weight excluding hydrogens is 410 g/mol. The molecule has 0 unspecified atom stereocenters. The van der Waals surface area contributed by atoms with Crippen LogP contribution >= 0.6 is 11.3 Å². The van der Waals surface area contributed by atoms with Crippen molar-refractivity contribution in [2.45, 2.75) is 13.3 Å². The van der Waals surface area contributed by atoms with E-state index in [0.29, 0.717) is 16.2 Å². The van der Waals surface area contributed by atoms with Gasteiger partial charge in [-0.25, -0.2) is 4.98 Å². The summed E-state index contributed by atoms with van der Waals surface area (Å²) in [5.41, 5.74) is 4.57. The molecular formula is C24H21N3O3S. The molecule has 4 rings (SSSR count). The minimum Gasteiger partial charge on any atom is -0.508 e. The summed E-state index contributed by atoms with van der Waals surface area (Å²) in [4.78, 5) is 28.8. The van der Waals surface area contributed by atoms with Crippen molar-refractivity contribution in [2.24, 2.45) is 0 Å². The number of aryl methyl sites for hydroxylation is 1. The minimum absolute atomic E-state index is 0.144. The Labute approximate surface area is 183 Å². The summed E-state index contributed by atoms with van der Waals surface area (Å²) in [5.74, 6) is -0.549. The number of anilines is 1. The van der Waals surface area contributed by atoms with Crippen LogP contribution in [0.5, 0.6) is 5.75 Å². The zero-order chi connectivity index (χ0) is 21.8. The number of carbonyl (C=O) groups excluding carboxylic acids is 2. The van der Waals surface area contributed by atoms with E-state index < -0.39 is 0 Å². The van der Waals surface area contributed by atoms with Crippen LogP contribution in [0.4, 0.5) is 5.13 Å². The van der Waals surface area contributed by atoms with Crippen LogP contribution in [0.1, 0.15) is 22.8 Å². The van der Waals surface area contributed by atoms with Crippen LogP contribution in [-0.4, -0.2) is 28.4 Å². The first-order valence-electron chi connectivity index (χ1n) is 9.89. The fourth-order valence-electron chi connectivity index (χ4n) is 3.14. The lowest BCUT2D eigenvalue weighted by molar-refractivity contribution is -0.115. The number of aromatic hydroxyl groups is 1. The fourth-order valence-corrected chi connectivity index (χ4v) is 4.05. The van der Waals surface area contributed by atoms with Crippen molar-refractivity contribution < 1.29 is 14.7 Å². The van der Waals surface area contributed by atoms with E-state index in [0.717, 1.165) is 22.2 Å². The van der Waals surface area contributed by atoms with Crippen molar-refractivity contribution in [3.05, 3.63) is 77.9 Å². The van der Waals surface area contributed by atoms with Crippen molar-refractivity contribution in [1.29, 1.82) is 0 Å². The van der Waals surface area contributed by atoms with E-state index in [1.807, 2.05) is 12.1 Å².